The van der Waals surface area contributed by atoms with Crippen LogP contribution in [0.4, 0.5) is 0 Å². The molecule has 1 saturated heterocycles. The summed E-state index contributed by atoms with van der Waals surface area (Å²) in [5.41, 5.74) is 2.53. The van der Waals surface area contributed by atoms with Crippen LogP contribution in [-0.2, 0) is 15.8 Å². The minimum absolute atomic E-state index is 0.000249. The molecule has 0 aliphatic carbocycles. The van der Waals surface area contributed by atoms with Gasteiger partial charge in [0.15, 0.2) is 0 Å². The second kappa shape index (κ2) is 7.37. The first-order valence-electron chi connectivity index (χ1n) is 8.33. The van der Waals surface area contributed by atoms with Crippen LogP contribution in [-0.4, -0.2) is 49.7 Å². The molecule has 0 saturated carbocycles. The number of sulfonamides is 1. The van der Waals surface area contributed by atoms with Gasteiger partial charge in [0.25, 0.3) is 5.91 Å². The summed E-state index contributed by atoms with van der Waals surface area (Å²) < 4.78 is 26.6. The molecule has 0 spiro atoms. The van der Waals surface area contributed by atoms with E-state index >= 15 is 0 Å². The summed E-state index contributed by atoms with van der Waals surface area (Å²) in [6.07, 6.45) is 0. The Balaban J connectivity index is 1.61. The first-order chi connectivity index (χ1) is 12.0. The molecule has 0 N–H and O–H groups in total. The van der Waals surface area contributed by atoms with Gasteiger partial charge in [-0.25, -0.2) is 8.42 Å². The van der Waals surface area contributed by atoms with E-state index in [1.54, 1.807) is 4.90 Å². The van der Waals surface area contributed by atoms with Crippen LogP contribution in [0.15, 0.2) is 54.6 Å². The number of benzene rings is 2. The highest BCUT2D eigenvalue weighted by Crippen LogP contribution is 2.15. The number of rotatable bonds is 4. The fourth-order valence-corrected chi connectivity index (χ4v) is 4.44. The van der Waals surface area contributed by atoms with Gasteiger partial charge < -0.3 is 4.90 Å². The average Bonchev–Trinajstić information content (AvgIpc) is 2.62. The van der Waals surface area contributed by atoms with Crippen molar-refractivity contribution >= 4 is 15.9 Å². The molecular weight excluding hydrogens is 336 g/mol. The second-order valence-corrected chi connectivity index (χ2v) is 8.27. The van der Waals surface area contributed by atoms with E-state index in [1.807, 2.05) is 61.5 Å². The van der Waals surface area contributed by atoms with E-state index in [1.165, 1.54) is 4.31 Å². The predicted molar refractivity (Wildman–Crippen MR) is 97.7 cm³/mol. The Morgan fingerprint density at radius 3 is 2.12 bits per heavy atom. The second-order valence-electron chi connectivity index (χ2n) is 6.30. The van der Waals surface area contributed by atoms with E-state index in [4.69, 9.17) is 0 Å². The molecule has 0 unspecified atom stereocenters. The Bertz CT molecular complexity index is 825. The quantitative estimate of drug-likeness (QED) is 0.843. The zero-order valence-corrected chi connectivity index (χ0v) is 15.1. The van der Waals surface area contributed by atoms with Crippen molar-refractivity contribution in [3.8, 4) is 0 Å². The van der Waals surface area contributed by atoms with Crippen molar-refractivity contribution in [2.24, 2.45) is 0 Å². The third kappa shape index (κ3) is 4.27. The summed E-state index contributed by atoms with van der Waals surface area (Å²) in [5.74, 6) is -0.0418. The first-order valence-corrected chi connectivity index (χ1v) is 9.94. The highest BCUT2D eigenvalue weighted by molar-refractivity contribution is 7.88. The smallest absolute Gasteiger partial charge is 0.253 e. The number of carbonyl (C=O) groups excluding carboxylic acids is 1. The highest BCUT2D eigenvalue weighted by atomic mass is 32.2. The Kier molecular flexibility index (Phi) is 5.20. The third-order valence-corrected chi connectivity index (χ3v) is 6.26. The summed E-state index contributed by atoms with van der Waals surface area (Å²) in [5, 5.41) is 0. The molecule has 0 aromatic heterocycles. The van der Waals surface area contributed by atoms with Crippen molar-refractivity contribution < 1.29 is 13.2 Å². The van der Waals surface area contributed by atoms with Gasteiger partial charge in [-0.05, 0) is 24.6 Å². The molecule has 0 radical (unpaired) electrons. The van der Waals surface area contributed by atoms with E-state index in [9.17, 15) is 13.2 Å². The number of aryl methyl sites for hydroxylation is 1. The zero-order valence-electron chi connectivity index (χ0n) is 14.3. The van der Waals surface area contributed by atoms with Gasteiger partial charge in [0.05, 0.1) is 5.75 Å². The van der Waals surface area contributed by atoms with Crippen molar-refractivity contribution in [1.82, 2.24) is 9.21 Å². The summed E-state index contributed by atoms with van der Waals surface area (Å²) in [4.78, 5) is 14.2. The van der Waals surface area contributed by atoms with Gasteiger partial charge in [-0.2, -0.15) is 4.31 Å². The van der Waals surface area contributed by atoms with Gasteiger partial charge in [0.1, 0.15) is 0 Å². The molecule has 6 heteroatoms. The van der Waals surface area contributed by atoms with Crippen molar-refractivity contribution in [1.29, 1.82) is 0 Å². The maximum Gasteiger partial charge on any atom is 0.253 e. The molecule has 2 aromatic rings. The van der Waals surface area contributed by atoms with E-state index in [-0.39, 0.29) is 11.7 Å². The number of nitrogens with zero attached hydrogens (tertiary/aromatic N) is 2. The topological polar surface area (TPSA) is 57.7 Å². The number of hydrogen-bond donors (Lipinski definition) is 0. The highest BCUT2D eigenvalue weighted by Gasteiger charge is 2.29. The van der Waals surface area contributed by atoms with Crippen LogP contribution in [0.5, 0.6) is 0 Å². The molecule has 2 aromatic carbocycles. The Morgan fingerprint density at radius 2 is 1.52 bits per heavy atom. The summed E-state index contributed by atoms with van der Waals surface area (Å²) in [7, 11) is -3.36. The van der Waals surface area contributed by atoms with E-state index < -0.39 is 10.0 Å². The standard InChI is InChI=1S/C19H22N2O3S/c1-16-7-9-18(10-8-16)19(22)20-11-13-21(14-12-20)25(23,24)15-17-5-3-2-4-6-17/h2-10H,11-15H2,1H3. The molecule has 5 nitrogen and oxygen atoms in total. The molecule has 1 fully saturated rings. The van der Waals surface area contributed by atoms with Gasteiger partial charge in [-0.15, -0.1) is 0 Å². The van der Waals surface area contributed by atoms with Crippen molar-refractivity contribution in [2.45, 2.75) is 12.7 Å². The van der Waals surface area contributed by atoms with Crippen LogP contribution >= 0.6 is 0 Å². The molecule has 0 atom stereocenters. The number of carbonyl (C=O) groups is 1. The maximum absolute atomic E-state index is 12.6. The Hall–Kier alpha value is -2.18. The van der Waals surface area contributed by atoms with Crippen LogP contribution in [0.1, 0.15) is 21.5 Å². The van der Waals surface area contributed by atoms with Crippen LogP contribution in [0.25, 0.3) is 0 Å². The lowest BCUT2D eigenvalue weighted by atomic mass is 10.1. The number of hydrogen-bond acceptors (Lipinski definition) is 3. The van der Waals surface area contributed by atoms with E-state index in [0.29, 0.717) is 31.7 Å². The fraction of sp³-hybridized carbons (Fsp3) is 0.316. The first kappa shape index (κ1) is 17.6. The predicted octanol–water partition coefficient (Wildman–Crippen LogP) is 2.28. The van der Waals surface area contributed by atoms with Gasteiger partial charge in [0, 0.05) is 31.7 Å². The molecule has 1 amide bonds. The summed E-state index contributed by atoms with van der Waals surface area (Å²) in [6.45, 7) is 3.49. The molecule has 25 heavy (non-hydrogen) atoms. The Labute approximate surface area is 148 Å². The minimum atomic E-state index is -3.36. The van der Waals surface area contributed by atoms with E-state index in [2.05, 4.69) is 0 Å². The van der Waals surface area contributed by atoms with Crippen LogP contribution in [0.2, 0.25) is 0 Å². The zero-order chi connectivity index (χ0) is 17.9. The maximum atomic E-state index is 12.6. The number of piperazine rings is 1. The van der Waals surface area contributed by atoms with Gasteiger partial charge in [-0.3, -0.25) is 4.79 Å². The molecule has 1 aliphatic heterocycles. The van der Waals surface area contributed by atoms with Gasteiger partial charge >= 0.3 is 0 Å². The average molecular weight is 358 g/mol. The van der Waals surface area contributed by atoms with Gasteiger partial charge in [0.2, 0.25) is 10.0 Å². The largest absolute Gasteiger partial charge is 0.336 e. The number of amides is 1. The SMILES string of the molecule is Cc1ccc(C(=O)N2CCN(S(=O)(=O)Cc3ccccc3)CC2)cc1. The molecule has 3 rings (SSSR count). The molecule has 0 bridgehead atoms. The van der Waals surface area contributed by atoms with Crippen LogP contribution < -0.4 is 0 Å². The summed E-state index contributed by atoms with van der Waals surface area (Å²) in [6, 6.07) is 16.6. The third-order valence-electron chi connectivity index (χ3n) is 4.41. The van der Waals surface area contributed by atoms with Gasteiger partial charge in [-0.1, -0.05) is 48.0 Å². The van der Waals surface area contributed by atoms with Crippen molar-refractivity contribution in [3.05, 3.63) is 71.3 Å². The van der Waals surface area contributed by atoms with Crippen LogP contribution in [0, 0.1) is 6.92 Å². The minimum Gasteiger partial charge on any atom is -0.336 e. The summed E-state index contributed by atoms with van der Waals surface area (Å²) >= 11 is 0. The lowest BCUT2D eigenvalue weighted by Gasteiger charge is -2.34. The molecule has 1 heterocycles. The Morgan fingerprint density at radius 1 is 0.920 bits per heavy atom. The lowest BCUT2D eigenvalue weighted by molar-refractivity contribution is 0.0698. The van der Waals surface area contributed by atoms with Crippen LogP contribution in [0.3, 0.4) is 0 Å². The van der Waals surface area contributed by atoms with E-state index in [0.717, 1.165) is 11.1 Å². The fourth-order valence-electron chi connectivity index (χ4n) is 2.92. The van der Waals surface area contributed by atoms with Crippen molar-refractivity contribution in [3.63, 3.8) is 0 Å². The molecular formula is C19H22N2O3S. The van der Waals surface area contributed by atoms with Crippen molar-refractivity contribution in [2.75, 3.05) is 26.2 Å². The lowest BCUT2D eigenvalue weighted by Crippen LogP contribution is -2.50. The molecule has 132 valence electrons. The normalized spacial score (nSPS) is 16.0. The monoisotopic (exact) mass is 358 g/mol. The molecule has 1 aliphatic rings.